The summed E-state index contributed by atoms with van der Waals surface area (Å²) in [5, 5.41) is 21.6. The summed E-state index contributed by atoms with van der Waals surface area (Å²) in [4.78, 5) is 42.2. The van der Waals surface area contributed by atoms with Gasteiger partial charge in [0.05, 0.1) is 36.7 Å². The van der Waals surface area contributed by atoms with Crippen LogP contribution in [0.5, 0.6) is 0 Å². The van der Waals surface area contributed by atoms with Crippen molar-refractivity contribution in [2.24, 2.45) is 11.3 Å². The highest BCUT2D eigenvalue weighted by Crippen LogP contribution is 2.52. The smallest absolute Gasteiger partial charge is 0.389 e. The zero-order chi connectivity index (χ0) is 29.3. The molecule has 1 saturated carbocycles. The molecule has 0 unspecified atom stereocenters. The minimum Gasteiger partial charge on any atom is -0.396 e. The normalized spacial score (nSPS) is 21.4. The number of hydrogen-bond acceptors (Lipinski definition) is 5. The Balaban J connectivity index is 1.67. The Morgan fingerprint density at radius 2 is 1.75 bits per heavy atom. The van der Waals surface area contributed by atoms with Gasteiger partial charge in [-0.25, -0.2) is 0 Å². The van der Waals surface area contributed by atoms with E-state index in [1.165, 1.54) is 26.6 Å². The number of alkyl halides is 3. The van der Waals surface area contributed by atoms with Gasteiger partial charge in [-0.3, -0.25) is 14.4 Å². The molecule has 2 amide bonds. The van der Waals surface area contributed by atoms with Crippen molar-refractivity contribution in [2.75, 3.05) is 33.8 Å². The van der Waals surface area contributed by atoms with Crippen LogP contribution in [0.1, 0.15) is 48.9 Å². The molecule has 2 N–H and O–H groups in total. The number of pyridine rings is 1. The Hall–Kier alpha value is -3.18. The van der Waals surface area contributed by atoms with Gasteiger partial charge in [0.1, 0.15) is 0 Å². The molecule has 1 saturated heterocycles. The number of amides is 2. The quantitative estimate of drug-likeness (QED) is 0.538. The lowest BCUT2D eigenvalue weighted by molar-refractivity contribution is -0.175. The summed E-state index contributed by atoms with van der Waals surface area (Å²) in [5.41, 5.74) is -1.20. The van der Waals surface area contributed by atoms with Crippen molar-refractivity contribution in [3.05, 3.63) is 58.5 Å². The fourth-order valence-electron chi connectivity index (χ4n) is 6.30. The van der Waals surface area contributed by atoms with E-state index in [2.05, 4.69) is 0 Å². The van der Waals surface area contributed by atoms with Crippen LogP contribution in [0.15, 0.2) is 47.4 Å². The minimum absolute atomic E-state index is 0.00816. The van der Waals surface area contributed by atoms with Crippen molar-refractivity contribution in [1.82, 2.24) is 14.4 Å². The first-order valence-corrected chi connectivity index (χ1v) is 13.5. The number of aliphatic hydroxyl groups is 2. The molecule has 0 radical (unpaired) electrons. The van der Waals surface area contributed by atoms with Crippen molar-refractivity contribution < 1.29 is 33.0 Å². The summed E-state index contributed by atoms with van der Waals surface area (Å²) in [6.07, 6.45) is -1.89. The molecule has 2 aromatic rings. The summed E-state index contributed by atoms with van der Waals surface area (Å²) >= 11 is 0. The Morgan fingerprint density at radius 3 is 2.33 bits per heavy atom. The van der Waals surface area contributed by atoms with Gasteiger partial charge >= 0.3 is 6.18 Å². The monoisotopic (exact) mass is 563 g/mol. The Morgan fingerprint density at radius 1 is 1.10 bits per heavy atom. The summed E-state index contributed by atoms with van der Waals surface area (Å²) in [6, 6.07) is 10.4. The van der Waals surface area contributed by atoms with E-state index >= 15 is 0 Å². The van der Waals surface area contributed by atoms with Crippen LogP contribution in [-0.2, 0) is 11.3 Å². The van der Waals surface area contributed by atoms with Gasteiger partial charge in [0, 0.05) is 50.4 Å². The van der Waals surface area contributed by atoms with Crippen LogP contribution in [-0.4, -0.2) is 82.0 Å². The molecule has 40 heavy (non-hydrogen) atoms. The standard InChI is InChI=1S/C29H36F3N3O5/c1-33(2)26(39)23-16-35(24(37)14-22(23)20-8-4-3-5-9-20)19-28(40)12-13-34(18-27(28)10-6-7-11-27)25(38)21(17-36)15-29(30,31)32/h3-5,8-9,14,16,21,36,40H,6-7,10-13,15,17-19H2,1-2H3/t21-,28-/m0/s1. The van der Waals surface area contributed by atoms with E-state index in [-0.39, 0.29) is 32.0 Å². The van der Waals surface area contributed by atoms with Gasteiger partial charge in [-0.05, 0) is 24.8 Å². The van der Waals surface area contributed by atoms with Crippen LogP contribution in [0, 0.1) is 11.3 Å². The van der Waals surface area contributed by atoms with Gasteiger partial charge < -0.3 is 24.6 Å². The number of aliphatic hydroxyl groups excluding tert-OH is 1. The van der Waals surface area contributed by atoms with Crippen LogP contribution in [0.3, 0.4) is 0 Å². The van der Waals surface area contributed by atoms with Crippen LogP contribution in [0.2, 0.25) is 0 Å². The third-order valence-corrected chi connectivity index (χ3v) is 8.48. The number of piperidine rings is 1. The van der Waals surface area contributed by atoms with Gasteiger partial charge in [0.2, 0.25) is 5.91 Å². The zero-order valence-corrected chi connectivity index (χ0v) is 22.8. The highest BCUT2D eigenvalue weighted by atomic mass is 19.4. The van der Waals surface area contributed by atoms with Crippen LogP contribution < -0.4 is 5.56 Å². The molecule has 11 heteroatoms. The lowest BCUT2D eigenvalue weighted by Crippen LogP contribution is -2.62. The first-order chi connectivity index (χ1) is 18.8. The molecule has 8 nitrogen and oxygen atoms in total. The maximum atomic E-state index is 13.3. The van der Waals surface area contributed by atoms with Crippen molar-refractivity contribution in [3.63, 3.8) is 0 Å². The van der Waals surface area contributed by atoms with Crippen molar-refractivity contribution in [3.8, 4) is 11.1 Å². The SMILES string of the molecule is CN(C)C(=O)c1cn(C[C@@]2(O)CCN(C(=O)[C@H](CO)CC(F)(F)F)CC23CCCC3)c(=O)cc1-c1ccccc1. The lowest BCUT2D eigenvalue weighted by Gasteiger charge is -2.52. The molecule has 218 valence electrons. The van der Waals surface area contributed by atoms with E-state index < -0.39 is 47.6 Å². The lowest BCUT2D eigenvalue weighted by atomic mass is 9.65. The van der Waals surface area contributed by atoms with E-state index in [9.17, 15) is 37.8 Å². The molecule has 2 aliphatic rings. The van der Waals surface area contributed by atoms with Crippen molar-refractivity contribution >= 4 is 11.8 Å². The predicted molar refractivity (Wildman–Crippen MR) is 142 cm³/mol. The summed E-state index contributed by atoms with van der Waals surface area (Å²) in [5.74, 6) is -2.69. The highest BCUT2D eigenvalue weighted by Gasteiger charge is 2.56. The number of halogens is 3. The first-order valence-electron chi connectivity index (χ1n) is 13.5. The maximum Gasteiger partial charge on any atom is 0.389 e. The van der Waals surface area contributed by atoms with E-state index in [0.29, 0.717) is 29.5 Å². The van der Waals surface area contributed by atoms with Crippen LogP contribution in [0.4, 0.5) is 13.2 Å². The fourth-order valence-corrected chi connectivity index (χ4v) is 6.30. The number of carbonyl (C=O) groups is 2. The van der Waals surface area contributed by atoms with Crippen LogP contribution >= 0.6 is 0 Å². The fraction of sp³-hybridized carbons (Fsp3) is 0.552. The average molecular weight is 564 g/mol. The van der Waals surface area contributed by atoms with Gasteiger partial charge in [-0.15, -0.1) is 0 Å². The number of aromatic nitrogens is 1. The van der Waals surface area contributed by atoms with E-state index in [4.69, 9.17) is 0 Å². The Bertz CT molecular complexity index is 1290. The maximum absolute atomic E-state index is 13.3. The number of likely N-dealkylation sites (tertiary alicyclic amines) is 1. The molecule has 0 bridgehead atoms. The van der Waals surface area contributed by atoms with E-state index in [1.807, 2.05) is 18.2 Å². The predicted octanol–water partition coefficient (Wildman–Crippen LogP) is 3.30. The molecular formula is C29H36F3N3O5. The van der Waals surface area contributed by atoms with Crippen molar-refractivity contribution in [1.29, 1.82) is 0 Å². The number of benzene rings is 1. The topological polar surface area (TPSA) is 103 Å². The van der Waals surface area contributed by atoms with Crippen molar-refractivity contribution in [2.45, 2.75) is 56.8 Å². The third kappa shape index (κ3) is 5.95. The number of rotatable bonds is 7. The molecule has 2 heterocycles. The molecule has 1 aliphatic carbocycles. The second-order valence-corrected chi connectivity index (χ2v) is 11.4. The second-order valence-electron chi connectivity index (χ2n) is 11.4. The van der Waals surface area contributed by atoms with Gasteiger partial charge in [-0.1, -0.05) is 43.2 Å². The summed E-state index contributed by atoms with van der Waals surface area (Å²) in [7, 11) is 3.22. The largest absolute Gasteiger partial charge is 0.396 e. The van der Waals surface area contributed by atoms with Gasteiger partial charge in [0.15, 0.2) is 0 Å². The molecular weight excluding hydrogens is 527 g/mol. The molecule has 1 spiro atoms. The Labute approximate surface area is 231 Å². The highest BCUT2D eigenvalue weighted by molar-refractivity contribution is 6.00. The molecule has 2 atom stereocenters. The zero-order valence-electron chi connectivity index (χ0n) is 22.8. The third-order valence-electron chi connectivity index (χ3n) is 8.48. The first kappa shape index (κ1) is 29.8. The molecule has 2 fully saturated rings. The van der Waals surface area contributed by atoms with E-state index in [1.54, 1.807) is 26.2 Å². The van der Waals surface area contributed by atoms with Gasteiger partial charge in [-0.2, -0.15) is 13.2 Å². The minimum atomic E-state index is -4.60. The summed E-state index contributed by atoms with van der Waals surface area (Å²) < 4.78 is 40.4. The molecule has 1 aliphatic heterocycles. The van der Waals surface area contributed by atoms with E-state index in [0.717, 1.165) is 12.8 Å². The molecule has 1 aromatic heterocycles. The second kappa shape index (κ2) is 11.4. The molecule has 4 rings (SSSR count). The Kier molecular flexibility index (Phi) is 8.46. The average Bonchev–Trinajstić information content (AvgIpc) is 3.39. The molecule has 1 aromatic carbocycles. The van der Waals surface area contributed by atoms with Crippen LogP contribution in [0.25, 0.3) is 11.1 Å². The summed E-state index contributed by atoms with van der Waals surface area (Å²) in [6.45, 7) is -1.01. The number of hydrogen-bond donors (Lipinski definition) is 2. The number of carbonyl (C=O) groups excluding carboxylic acids is 2. The number of nitrogens with zero attached hydrogens (tertiary/aromatic N) is 3. The van der Waals surface area contributed by atoms with Gasteiger partial charge in [0.25, 0.3) is 11.5 Å².